The molecule has 0 aliphatic rings. The minimum Gasteiger partial charge on any atom is -0.350 e. The second-order valence-corrected chi connectivity index (χ2v) is 2.27. The third-order valence-electron chi connectivity index (χ3n) is 1.26. The molecule has 1 rings (SSSR count). The molecule has 0 N–H and O–H groups in total. The fourth-order valence-corrected chi connectivity index (χ4v) is 1.02. The Bertz CT molecular complexity index is 205. The van der Waals surface area contributed by atoms with Crippen molar-refractivity contribution in [1.29, 1.82) is 0 Å². The average Bonchev–Trinajstić information content (AvgIpc) is 2.12. The van der Waals surface area contributed by atoms with Crippen LogP contribution in [0.4, 0.5) is 0 Å². The van der Waals surface area contributed by atoms with Crippen LogP contribution in [0.25, 0.3) is 6.08 Å². The number of nitrogens with zero attached hydrogens (tertiary/aromatic N) is 1. The number of aromatic nitrogens is 1. The van der Waals surface area contributed by atoms with Gasteiger partial charge in [0, 0.05) is 13.2 Å². The SMILES string of the molecule is C=Cc1c(Cl)ccn1C. The fraction of sp³-hybridized carbons (Fsp3) is 0.143. The van der Waals surface area contributed by atoms with E-state index < -0.39 is 0 Å². The van der Waals surface area contributed by atoms with Gasteiger partial charge in [0.1, 0.15) is 0 Å². The van der Waals surface area contributed by atoms with Crippen LogP contribution in [-0.4, -0.2) is 4.57 Å². The van der Waals surface area contributed by atoms with E-state index in [-0.39, 0.29) is 0 Å². The number of hydrogen-bond acceptors (Lipinski definition) is 0. The van der Waals surface area contributed by atoms with Gasteiger partial charge in [0.15, 0.2) is 0 Å². The molecular formula is C7H8ClN. The van der Waals surface area contributed by atoms with Gasteiger partial charge in [-0.25, -0.2) is 0 Å². The molecule has 2 heteroatoms. The molecule has 1 aromatic heterocycles. The lowest BCUT2D eigenvalue weighted by Crippen LogP contribution is -1.86. The van der Waals surface area contributed by atoms with Crippen molar-refractivity contribution in [2.45, 2.75) is 0 Å². The van der Waals surface area contributed by atoms with Crippen LogP contribution < -0.4 is 0 Å². The zero-order chi connectivity index (χ0) is 6.85. The van der Waals surface area contributed by atoms with Gasteiger partial charge < -0.3 is 4.57 Å². The Morgan fingerprint density at radius 1 is 1.78 bits per heavy atom. The molecule has 0 spiro atoms. The number of rotatable bonds is 1. The van der Waals surface area contributed by atoms with Crippen molar-refractivity contribution in [3.8, 4) is 0 Å². The van der Waals surface area contributed by atoms with Crippen LogP contribution in [-0.2, 0) is 7.05 Å². The highest BCUT2D eigenvalue weighted by molar-refractivity contribution is 6.31. The summed E-state index contributed by atoms with van der Waals surface area (Å²) in [5.41, 5.74) is 0.969. The first-order valence-electron chi connectivity index (χ1n) is 2.69. The number of hydrogen-bond donors (Lipinski definition) is 0. The van der Waals surface area contributed by atoms with Gasteiger partial charge in [0.05, 0.1) is 10.7 Å². The largest absolute Gasteiger partial charge is 0.350 e. The van der Waals surface area contributed by atoms with E-state index in [1.54, 1.807) is 6.08 Å². The highest BCUT2D eigenvalue weighted by Crippen LogP contribution is 2.16. The minimum absolute atomic E-state index is 0.757. The minimum atomic E-state index is 0.757. The van der Waals surface area contributed by atoms with Crippen molar-refractivity contribution in [1.82, 2.24) is 4.57 Å². The summed E-state index contributed by atoms with van der Waals surface area (Å²) in [7, 11) is 1.93. The van der Waals surface area contributed by atoms with E-state index in [0.29, 0.717) is 0 Å². The quantitative estimate of drug-likeness (QED) is 0.566. The van der Waals surface area contributed by atoms with Crippen molar-refractivity contribution in [3.05, 3.63) is 29.6 Å². The summed E-state index contributed by atoms with van der Waals surface area (Å²) in [4.78, 5) is 0. The van der Waals surface area contributed by atoms with E-state index in [1.165, 1.54) is 0 Å². The summed E-state index contributed by atoms with van der Waals surface area (Å²) in [6.07, 6.45) is 3.64. The molecule has 0 bridgehead atoms. The lowest BCUT2D eigenvalue weighted by Gasteiger charge is -1.93. The first-order chi connectivity index (χ1) is 4.25. The van der Waals surface area contributed by atoms with Gasteiger partial charge in [0.25, 0.3) is 0 Å². The zero-order valence-electron chi connectivity index (χ0n) is 5.26. The van der Waals surface area contributed by atoms with E-state index in [2.05, 4.69) is 6.58 Å². The van der Waals surface area contributed by atoms with Crippen LogP contribution in [0.3, 0.4) is 0 Å². The summed E-state index contributed by atoms with van der Waals surface area (Å²) in [6.45, 7) is 3.62. The third-order valence-corrected chi connectivity index (χ3v) is 1.58. The van der Waals surface area contributed by atoms with Crippen LogP contribution in [0.15, 0.2) is 18.8 Å². The molecule has 0 unspecified atom stereocenters. The molecule has 0 aliphatic heterocycles. The smallest absolute Gasteiger partial charge is 0.0657 e. The Morgan fingerprint density at radius 3 is 2.67 bits per heavy atom. The predicted octanol–water partition coefficient (Wildman–Crippen LogP) is 2.32. The van der Waals surface area contributed by atoms with Crippen LogP contribution in [0.1, 0.15) is 5.69 Å². The fourth-order valence-electron chi connectivity index (χ4n) is 0.753. The van der Waals surface area contributed by atoms with Gasteiger partial charge >= 0.3 is 0 Å². The lowest BCUT2D eigenvalue weighted by molar-refractivity contribution is 0.915. The van der Waals surface area contributed by atoms with Crippen molar-refractivity contribution in [2.75, 3.05) is 0 Å². The Hall–Kier alpha value is -0.690. The topological polar surface area (TPSA) is 4.93 Å². The van der Waals surface area contributed by atoms with Gasteiger partial charge in [-0.2, -0.15) is 0 Å². The molecule has 1 aromatic rings. The molecule has 48 valence electrons. The Kier molecular flexibility index (Phi) is 1.63. The molecule has 0 aromatic carbocycles. The van der Waals surface area contributed by atoms with Crippen LogP contribution >= 0.6 is 11.6 Å². The second kappa shape index (κ2) is 2.28. The highest BCUT2D eigenvalue weighted by atomic mass is 35.5. The summed E-state index contributed by atoms with van der Waals surface area (Å²) in [6, 6.07) is 1.85. The molecular weight excluding hydrogens is 134 g/mol. The lowest BCUT2D eigenvalue weighted by atomic mass is 10.4. The van der Waals surface area contributed by atoms with Crippen LogP contribution in [0.5, 0.6) is 0 Å². The normalized spacial score (nSPS) is 9.56. The summed E-state index contributed by atoms with van der Waals surface area (Å²) in [5.74, 6) is 0. The standard InChI is InChI=1S/C7H8ClN/c1-3-7-6(8)4-5-9(7)2/h3-5H,1H2,2H3. The molecule has 0 fully saturated rings. The van der Waals surface area contributed by atoms with Crippen LogP contribution in [0.2, 0.25) is 5.02 Å². The number of halogens is 1. The van der Waals surface area contributed by atoms with E-state index in [9.17, 15) is 0 Å². The summed E-state index contributed by atoms with van der Waals surface area (Å²) >= 11 is 5.75. The highest BCUT2D eigenvalue weighted by Gasteiger charge is 1.97. The maximum atomic E-state index is 5.75. The van der Waals surface area contributed by atoms with E-state index >= 15 is 0 Å². The maximum Gasteiger partial charge on any atom is 0.0657 e. The van der Waals surface area contributed by atoms with Crippen molar-refractivity contribution in [3.63, 3.8) is 0 Å². The third kappa shape index (κ3) is 1.01. The molecule has 1 nitrogen and oxygen atoms in total. The summed E-state index contributed by atoms with van der Waals surface area (Å²) in [5, 5.41) is 0.757. The van der Waals surface area contributed by atoms with E-state index in [4.69, 9.17) is 11.6 Å². The molecule has 0 aliphatic carbocycles. The van der Waals surface area contributed by atoms with Crippen molar-refractivity contribution < 1.29 is 0 Å². The first-order valence-corrected chi connectivity index (χ1v) is 3.06. The Balaban J connectivity index is 3.22. The summed E-state index contributed by atoms with van der Waals surface area (Å²) < 4.78 is 1.93. The zero-order valence-corrected chi connectivity index (χ0v) is 6.02. The molecule has 0 amide bonds. The molecule has 0 radical (unpaired) electrons. The molecule has 0 atom stereocenters. The second-order valence-electron chi connectivity index (χ2n) is 1.86. The first kappa shape index (κ1) is 6.43. The Morgan fingerprint density at radius 2 is 2.44 bits per heavy atom. The van der Waals surface area contributed by atoms with Gasteiger partial charge in [-0.3, -0.25) is 0 Å². The number of aryl methyl sites for hydroxylation is 1. The van der Waals surface area contributed by atoms with Crippen LogP contribution in [0, 0.1) is 0 Å². The molecule has 1 heterocycles. The molecule has 0 saturated heterocycles. The van der Waals surface area contributed by atoms with Crippen molar-refractivity contribution in [2.24, 2.45) is 7.05 Å². The predicted molar refractivity (Wildman–Crippen MR) is 40.5 cm³/mol. The molecule has 9 heavy (non-hydrogen) atoms. The van der Waals surface area contributed by atoms with E-state index in [0.717, 1.165) is 10.7 Å². The van der Waals surface area contributed by atoms with Gasteiger partial charge in [-0.1, -0.05) is 18.2 Å². The average molecular weight is 142 g/mol. The van der Waals surface area contributed by atoms with Gasteiger partial charge in [0.2, 0.25) is 0 Å². The monoisotopic (exact) mass is 141 g/mol. The Labute approximate surface area is 59.6 Å². The van der Waals surface area contributed by atoms with E-state index in [1.807, 2.05) is 23.9 Å². The maximum absolute atomic E-state index is 5.75. The van der Waals surface area contributed by atoms with Gasteiger partial charge in [-0.15, -0.1) is 0 Å². The van der Waals surface area contributed by atoms with Crippen molar-refractivity contribution >= 4 is 17.7 Å². The molecule has 0 saturated carbocycles. The van der Waals surface area contributed by atoms with Gasteiger partial charge in [-0.05, 0) is 12.1 Å².